The summed E-state index contributed by atoms with van der Waals surface area (Å²) in [5.74, 6) is 0. The number of rotatable bonds is 12. The maximum atomic E-state index is 2.55. The molecule has 5 heteroatoms. The summed E-state index contributed by atoms with van der Waals surface area (Å²) in [5.41, 5.74) is 0. The maximum absolute atomic E-state index is 2.55. The first kappa shape index (κ1) is 26.7. The molecule has 200 valence electrons. The van der Waals surface area contributed by atoms with Crippen molar-refractivity contribution in [3.05, 3.63) is 58.8 Å². The molecule has 7 aromatic rings. The molecular formula is C34H34S4Te. The van der Waals surface area contributed by atoms with Crippen LogP contribution in [0.2, 0.25) is 0 Å². The molecule has 0 aliphatic rings. The molecular weight excluding hydrogens is 664 g/mol. The second kappa shape index (κ2) is 12.0. The molecule has 0 N–H and O–H groups in total. The first-order valence-electron chi connectivity index (χ1n) is 14.6. The van der Waals surface area contributed by atoms with Crippen molar-refractivity contribution < 1.29 is 0 Å². The zero-order valence-corrected chi connectivity index (χ0v) is 28.1. The van der Waals surface area contributed by atoms with Crippen molar-refractivity contribution >= 4 is 114 Å². The van der Waals surface area contributed by atoms with E-state index in [0.29, 0.717) is 0 Å². The van der Waals surface area contributed by atoms with Crippen LogP contribution in [0.5, 0.6) is 0 Å². The fourth-order valence-corrected chi connectivity index (χ4v) is 13.8. The van der Waals surface area contributed by atoms with Crippen LogP contribution < -0.4 is 0 Å². The molecule has 0 spiro atoms. The molecule has 0 bridgehead atoms. The van der Waals surface area contributed by atoms with E-state index in [-0.39, 0.29) is 20.4 Å². The molecule has 5 heterocycles. The number of aryl methyl sites for hydroxylation is 1. The van der Waals surface area contributed by atoms with Crippen molar-refractivity contribution in [2.45, 2.75) is 77.6 Å². The van der Waals surface area contributed by atoms with E-state index in [2.05, 4.69) is 60.8 Å². The van der Waals surface area contributed by atoms with E-state index in [1.807, 2.05) is 45.3 Å². The fraction of sp³-hybridized carbons (Fsp3) is 0.353. The van der Waals surface area contributed by atoms with Crippen LogP contribution in [0.25, 0.3) is 56.9 Å². The van der Waals surface area contributed by atoms with Crippen LogP contribution in [0.3, 0.4) is 0 Å². The van der Waals surface area contributed by atoms with Crippen LogP contribution in [0.4, 0.5) is 0 Å². The average molecular weight is 699 g/mol. The third-order valence-corrected chi connectivity index (χ3v) is 16.1. The molecule has 0 nitrogen and oxygen atoms in total. The molecule has 0 radical (unpaired) electrons. The second-order valence-corrected chi connectivity index (χ2v) is 18.2. The molecule has 7 rings (SSSR count). The normalized spacial score (nSPS) is 12.3. The average Bonchev–Trinajstić information content (AvgIpc) is 3.75. The summed E-state index contributed by atoms with van der Waals surface area (Å²) >= 11 is 7.65. The van der Waals surface area contributed by atoms with E-state index in [9.17, 15) is 0 Å². The monoisotopic (exact) mass is 700 g/mol. The molecule has 0 saturated carbocycles. The van der Waals surface area contributed by atoms with Gasteiger partial charge in [0.25, 0.3) is 0 Å². The van der Waals surface area contributed by atoms with E-state index in [1.165, 1.54) is 121 Å². The summed E-state index contributed by atoms with van der Waals surface area (Å²) in [6.45, 7) is 2.30. The van der Waals surface area contributed by atoms with Crippen LogP contribution in [-0.2, 0) is 6.42 Å². The zero-order valence-electron chi connectivity index (χ0n) is 22.5. The van der Waals surface area contributed by atoms with Crippen LogP contribution in [0.15, 0.2) is 53.9 Å². The number of fused-ring (bicyclic) bond motifs is 7. The van der Waals surface area contributed by atoms with Crippen molar-refractivity contribution in [3.8, 4) is 8.46 Å². The molecule has 5 aromatic heterocycles. The number of thiophene rings is 4. The Morgan fingerprint density at radius 2 is 1.33 bits per heavy atom. The van der Waals surface area contributed by atoms with Crippen LogP contribution in [0, 0.1) is 0 Å². The summed E-state index contributed by atoms with van der Waals surface area (Å²) in [7, 11) is 0. The minimum absolute atomic E-state index is 0.295. The SMILES string of the molecule is CCCCCCCCCCCCc1cc2cc3sc4c5cc6[te]c(-c7cccs7)cc6cc5sc4c3cc2s1. The van der Waals surface area contributed by atoms with Crippen molar-refractivity contribution in [2.24, 2.45) is 0 Å². The van der Waals surface area contributed by atoms with E-state index >= 15 is 0 Å². The van der Waals surface area contributed by atoms with E-state index in [4.69, 9.17) is 0 Å². The Morgan fingerprint density at radius 3 is 2.05 bits per heavy atom. The van der Waals surface area contributed by atoms with Gasteiger partial charge in [-0.2, -0.15) is 0 Å². The minimum atomic E-state index is -0.295. The van der Waals surface area contributed by atoms with Gasteiger partial charge in [-0.25, -0.2) is 0 Å². The Bertz CT molecular complexity index is 1860. The van der Waals surface area contributed by atoms with Crippen molar-refractivity contribution in [3.63, 3.8) is 0 Å². The van der Waals surface area contributed by atoms with E-state index in [0.717, 1.165) is 0 Å². The summed E-state index contributed by atoms with van der Waals surface area (Å²) in [6, 6.07) is 19.4. The second-order valence-electron chi connectivity index (χ2n) is 10.9. The van der Waals surface area contributed by atoms with E-state index < -0.39 is 0 Å². The predicted molar refractivity (Wildman–Crippen MR) is 183 cm³/mol. The molecule has 2 aromatic carbocycles. The molecule has 39 heavy (non-hydrogen) atoms. The molecule has 0 fully saturated rings. The van der Waals surface area contributed by atoms with Gasteiger partial charge in [0, 0.05) is 0 Å². The van der Waals surface area contributed by atoms with Gasteiger partial charge in [0.1, 0.15) is 0 Å². The topological polar surface area (TPSA) is 0 Å². The Hall–Kier alpha value is -1.19. The molecule has 0 atom stereocenters. The number of hydrogen-bond acceptors (Lipinski definition) is 4. The van der Waals surface area contributed by atoms with Crippen LogP contribution in [-0.4, -0.2) is 20.4 Å². The van der Waals surface area contributed by atoms with Gasteiger partial charge >= 0.3 is 194 Å². The summed E-state index contributed by atoms with van der Waals surface area (Å²) in [4.78, 5) is 3.04. The first-order chi connectivity index (χ1) is 19.3. The molecule has 0 aliphatic heterocycles. The molecule has 0 saturated heterocycles. The van der Waals surface area contributed by atoms with Crippen LogP contribution >= 0.6 is 45.3 Å². The predicted octanol–water partition coefficient (Wildman–Crippen LogP) is 12.9. The zero-order chi connectivity index (χ0) is 26.2. The standard InChI is InChI=1S/C34H34S4Te/c1-2-3-4-5-6-7-8-9-10-11-13-24-16-22-17-29-25(20-28(22)36-24)33-34(37-29)26-21-31-23(18-30(26)38-33)19-32(39-31)27-14-12-15-35-27/h12,14-21H,2-11,13H2,1H3. The third-order valence-electron chi connectivity index (χ3n) is 7.95. The number of benzene rings is 2. The van der Waals surface area contributed by atoms with Crippen LogP contribution in [0.1, 0.15) is 76.0 Å². The first-order valence-corrected chi connectivity index (χ1v) is 20.2. The Balaban J connectivity index is 1.06. The molecule has 0 aliphatic carbocycles. The molecule has 0 unspecified atom stereocenters. The number of hydrogen-bond donors (Lipinski definition) is 0. The van der Waals surface area contributed by atoms with Gasteiger partial charge in [-0.1, -0.05) is 64.7 Å². The number of unbranched alkanes of at least 4 members (excludes halogenated alkanes) is 9. The van der Waals surface area contributed by atoms with Gasteiger partial charge in [0.2, 0.25) is 0 Å². The summed E-state index contributed by atoms with van der Waals surface area (Å²) in [6.07, 6.45) is 15.3. The summed E-state index contributed by atoms with van der Waals surface area (Å²) < 4.78 is 10.6. The van der Waals surface area contributed by atoms with E-state index in [1.54, 1.807) is 11.9 Å². The van der Waals surface area contributed by atoms with Crippen molar-refractivity contribution in [1.29, 1.82) is 0 Å². The van der Waals surface area contributed by atoms with Crippen molar-refractivity contribution in [2.75, 3.05) is 0 Å². The quantitative estimate of drug-likeness (QED) is 0.0880. The fourth-order valence-electron chi connectivity index (χ4n) is 5.83. The van der Waals surface area contributed by atoms with Gasteiger partial charge in [-0.15, -0.1) is 0 Å². The summed E-state index contributed by atoms with van der Waals surface area (Å²) in [5, 5.41) is 8.10. The van der Waals surface area contributed by atoms with Gasteiger partial charge in [0.05, 0.1) is 0 Å². The third kappa shape index (κ3) is 5.53. The van der Waals surface area contributed by atoms with Crippen molar-refractivity contribution in [1.82, 2.24) is 0 Å². The van der Waals surface area contributed by atoms with Gasteiger partial charge in [0.15, 0.2) is 0 Å². The Kier molecular flexibility index (Phi) is 8.19. The van der Waals surface area contributed by atoms with Gasteiger partial charge in [-0.3, -0.25) is 0 Å². The van der Waals surface area contributed by atoms with Gasteiger partial charge in [-0.05, 0) is 0 Å². The molecule has 0 amide bonds. The van der Waals surface area contributed by atoms with Gasteiger partial charge < -0.3 is 0 Å². The Labute approximate surface area is 256 Å². The Morgan fingerprint density at radius 1 is 0.641 bits per heavy atom.